The third-order valence-corrected chi connectivity index (χ3v) is 7.25. The van der Waals surface area contributed by atoms with Crippen LogP contribution in [0.3, 0.4) is 0 Å². The maximum Gasteiger partial charge on any atom is 0.336 e. The number of fused-ring (bicyclic) bond motifs is 1. The van der Waals surface area contributed by atoms with Gasteiger partial charge in [0.05, 0.1) is 24.1 Å². The van der Waals surface area contributed by atoms with Crippen LogP contribution in [0.4, 0.5) is 4.79 Å². The standard InChI is InChI=1S/C32H43N7O4/c1-22(35)31(42)38-39(18-15-29(40)25(13-16-33)14-17-34)32(43)37-28(12-11-23-7-3-2-4-8-23)30(41)20-24-19-26-9-5-6-10-27(26)36-21-24/h2-10,19,21-22,25,28H,11-18,20,33-35H2,1H3,(H,37,43)(H,38,42)/t22-,28-/m0/s1. The van der Waals surface area contributed by atoms with Crippen molar-refractivity contribution in [3.63, 3.8) is 0 Å². The number of amides is 3. The van der Waals surface area contributed by atoms with Gasteiger partial charge in [0.25, 0.3) is 5.91 Å². The average Bonchev–Trinajstić information content (AvgIpc) is 3.01. The number of nitrogens with zero attached hydrogens (tertiary/aromatic N) is 2. The zero-order valence-corrected chi connectivity index (χ0v) is 24.7. The number of para-hydroxylation sites is 1. The molecule has 3 amide bonds. The molecule has 1 aromatic heterocycles. The normalized spacial score (nSPS) is 12.5. The third kappa shape index (κ3) is 10.5. The Bertz CT molecular complexity index is 1360. The number of rotatable bonds is 16. The van der Waals surface area contributed by atoms with Crippen molar-refractivity contribution in [3.8, 4) is 0 Å². The largest absolute Gasteiger partial charge is 0.336 e. The summed E-state index contributed by atoms with van der Waals surface area (Å²) in [6, 6.07) is 16.7. The van der Waals surface area contributed by atoms with Crippen LogP contribution in [0.25, 0.3) is 10.9 Å². The highest BCUT2D eigenvalue weighted by molar-refractivity contribution is 5.92. The van der Waals surface area contributed by atoms with Gasteiger partial charge in [-0.3, -0.25) is 24.8 Å². The lowest BCUT2D eigenvalue weighted by Crippen LogP contribution is -2.57. The van der Waals surface area contributed by atoms with Gasteiger partial charge in [0.1, 0.15) is 5.78 Å². The molecule has 0 unspecified atom stereocenters. The second-order valence-corrected chi connectivity index (χ2v) is 10.7. The van der Waals surface area contributed by atoms with Crippen molar-refractivity contribution in [1.82, 2.24) is 20.7 Å². The van der Waals surface area contributed by atoms with E-state index in [2.05, 4.69) is 15.7 Å². The summed E-state index contributed by atoms with van der Waals surface area (Å²) in [5, 5.41) is 4.73. The van der Waals surface area contributed by atoms with Crippen LogP contribution in [0.15, 0.2) is 66.9 Å². The third-order valence-electron chi connectivity index (χ3n) is 7.25. The number of nitrogens with one attached hydrogen (secondary N) is 2. The van der Waals surface area contributed by atoms with Gasteiger partial charge in [0, 0.05) is 30.3 Å². The topological polar surface area (TPSA) is 187 Å². The predicted octanol–water partition coefficient (Wildman–Crippen LogP) is 2.01. The molecular weight excluding hydrogens is 546 g/mol. The van der Waals surface area contributed by atoms with Crippen LogP contribution >= 0.6 is 0 Å². The summed E-state index contributed by atoms with van der Waals surface area (Å²) in [7, 11) is 0. The maximum atomic E-state index is 13.6. The highest BCUT2D eigenvalue weighted by Gasteiger charge is 2.27. The van der Waals surface area contributed by atoms with E-state index in [9.17, 15) is 19.2 Å². The SMILES string of the molecule is C[C@H](N)C(=O)NN(CCC(=O)C(CCN)CCN)C(=O)N[C@@H](CCc1ccccc1)C(=O)Cc1cnc2ccccc2c1. The van der Waals surface area contributed by atoms with Gasteiger partial charge >= 0.3 is 6.03 Å². The lowest BCUT2D eigenvalue weighted by molar-refractivity contribution is -0.127. The average molecular weight is 590 g/mol. The van der Waals surface area contributed by atoms with Gasteiger partial charge in [-0.25, -0.2) is 9.80 Å². The van der Waals surface area contributed by atoms with Gasteiger partial charge in [-0.05, 0) is 69.0 Å². The van der Waals surface area contributed by atoms with E-state index >= 15 is 0 Å². The molecule has 8 N–H and O–H groups in total. The molecule has 230 valence electrons. The van der Waals surface area contributed by atoms with Crippen molar-refractivity contribution >= 4 is 34.4 Å². The van der Waals surface area contributed by atoms with Crippen LogP contribution in [0, 0.1) is 5.92 Å². The van der Waals surface area contributed by atoms with Gasteiger partial charge in [-0.1, -0.05) is 48.5 Å². The van der Waals surface area contributed by atoms with Crippen molar-refractivity contribution in [2.45, 2.75) is 57.5 Å². The Morgan fingerprint density at radius 2 is 1.56 bits per heavy atom. The summed E-state index contributed by atoms with van der Waals surface area (Å²) in [6.07, 6.45) is 3.53. The highest BCUT2D eigenvalue weighted by Crippen LogP contribution is 2.16. The molecule has 3 rings (SSSR count). The van der Waals surface area contributed by atoms with E-state index in [1.54, 1.807) is 6.20 Å². The zero-order chi connectivity index (χ0) is 31.2. The molecule has 0 spiro atoms. The smallest absolute Gasteiger partial charge is 0.330 e. The molecule has 43 heavy (non-hydrogen) atoms. The first-order valence-corrected chi connectivity index (χ1v) is 14.7. The van der Waals surface area contributed by atoms with Crippen LogP contribution in [-0.2, 0) is 27.2 Å². The Hall–Kier alpha value is -4.19. The van der Waals surface area contributed by atoms with Gasteiger partial charge in [-0.2, -0.15) is 0 Å². The van der Waals surface area contributed by atoms with E-state index < -0.39 is 24.0 Å². The zero-order valence-electron chi connectivity index (χ0n) is 24.7. The van der Waals surface area contributed by atoms with Crippen molar-refractivity contribution in [1.29, 1.82) is 0 Å². The number of nitrogens with two attached hydrogens (primary N) is 3. The molecule has 0 aliphatic rings. The molecule has 0 aliphatic carbocycles. The molecule has 1 heterocycles. The first-order chi connectivity index (χ1) is 20.7. The minimum Gasteiger partial charge on any atom is -0.330 e. The number of carbonyl (C=O) groups is 4. The van der Waals surface area contributed by atoms with Crippen molar-refractivity contribution in [2.24, 2.45) is 23.1 Å². The number of hydrogen-bond donors (Lipinski definition) is 5. The Balaban J connectivity index is 1.78. The Morgan fingerprint density at radius 3 is 2.23 bits per heavy atom. The van der Waals surface area contributed by atoms with Gasteiger partial charge in [-0.15, -0.1) is 0 Å². The molecule has 11 nitrogen and oxygen atoms in total. The molecule has 0 saturated heterocycles. The number of benzene rings is 2. The summed E-state index contributed by atoms with van der Waals surface area (Å²) in [5.41, 5.74) is 22.1. The lowest BCUT2D eigenvalue weighted by atomic mass is 9.94. The number of aromatic nitrogens is 1. The summed E-state index contributed by atoms with van der Waals surface area (Å²) in [5.74, 6) is -1.25. The number of hydrogen-bond acceptors (Lipinski definition) is 8. The Morgan fingerprint density at radius 1 is 0.884 bits per heavy atom. The van der Waals surface area contributed by atoms with Crippen LogP contribution in [0.1, 0.15) is 43.7 Å². The minimum atomic E-state index is -0.899. The fourth-order valence-corrected chi connectivity index (χ4v) is 4.77. The molecule has 0 radical (unpaired) electrons. The van der Waals surface area contributed by atoms with E-state index in [0.29, 0.717) is 38.8 Å². The van der Waals surface area contributed by atoms with Crippen LogP contribution in [-0.4, -0.2) is 65.2 Å². The number of aryl methyl sites for hydroxylation is 1. The van der Waals surface area contributed by atoms with E-state index in [-0.39, 0.29) is 36.9 Å². The monoisotopic (exact) mass is 589 g/mol. The minimum absolute atomic E-state index is 0.0251. The predicted molar refractivity (Wildman–Crippen MR) is 166 cm³/mol. The van der Waals surface area contributed by atoms with Gasteiger partial charge in [0.2, 0.25) is 0 Å². The van der Waals surface area contributed by atoms with E-state index in [1.807, 2.05) is 60.7 Å². The second-order valence-electron chi connectivity index (χ2n) is 10.7. The van der Waals surface area contributed by atoms with Crippen molar-refractivity contribution in [3.05, 3.63) is 78.0 Å². The number of ketones is 2. The fraction of sp³-hybridized carbons (Fsp3) is 0.406. The number of carbonyl (C=O) groups excluding carboxylic acids is 4. The summed E-state index contributed by atoms with van der Waals surface area (Å²) < 4.78 is 0. The number of pyridine rings is 1. The number of urea groups is 1. The van der Waals surface area contributed by atoms with E-state index in [1.165, 1.54) is 6.92 Å². The van der Waals surface area contributed by atoms with Crippen molar-refractivity contribution < 1.29 is 19.2 Å². The summed E-state index contributed by atoms with van der Waals surface area (Å²) in [6.45, 7) is 2.04. The number of hydrazine groups is 1. The molecule has 2 aromatic carbocycles. The maximum absolute atomic E-state index is 13.6. The van der Waals surface area contributed by atoms with Crippen molar-refractivity contribution in [2.75, 3.05) is 19.6 Å². The first kappa shape index (κ1) is 33.3. The molecule has 11 heteroatoms. The molecule has 2 atom stereocenters. The van der Waals surface area contributed by atoms with Gasteiger partial charge < -0.3 is 22.5 Å². The molecule has 0 fully saturated rings. The molecular formula is C32H43N7O4. The highest BCUT2D eigenvalue weighted by atomic mass is 16.2. The quantitative estimate of drug-likeness (QED) is 0.157. The van der Waals surface area contributed by atoms with E-state index in [0.717, 1.165) is 27.0 Å². The first-order valence-electron chi connectivity index (χ1n) is 14.7. The Kier molecular flexibility index (Phi) is 13.2. The summed E-state index contributed by atoms with van der Waals surface area (Å²) in [4.78, 5) is 57.0. The van der Waals surface area contributed by atoms with Gasteiger partial charge in [0.15, 0.2) is 5.78 Å². The molecule has 0 bridgehead atoms. The fourth-order valence-electron chi connectivity index (χ4n) is 4.77. The number of Topliss-reactive ketones (excluding diaryl/α,β-unsaturated/α-hetero) is 2. The molecule has 3 aromatic rings. The van der Waals surface area contributed by atoms with Crippen LogP contribution in [0.5, 0.6) is 0 Å². The van der Waals surface area contributed by atoms with Crippen LogP contribution < -0.4 is 27.9 Å². The van der Waals surface area contributed by atoms with E-state index in [4.69, 9.17) is 17.2 Å². The Labute approximate surface area is 252 Å². The molecule has 0 aliphatic heterocycles. The molecule has 0 saturated carbocycles. The van der Waals surface area contributed by atoms with Crippen LogP contribution in [0.2, 0.25) is 0 Å². The summed E-state index contributed by atoms with van der Waals surface area (Å²) >= 11 is 0. The lowest BCUT2D eigenvalue weighted by Gasteiger charge is -2.27. The second kappa shape index (κ2) is 17.1.